The minimum absolute atomic E-state index is 0.0313. The predicted octanol–water partition coefficient (Wildman–Crippen LogP) is 4.31. The molecule has 0 aliphatic carbocycles. The van der Waals surface area contributed by atoms with Gasteiger partial charge in [-0.05, 0) is 43.0 Å². The number of amides is 2. The van der Waals surface area contributed by atoms with E-state index in [0.29, 0.717) is 13.1 Å². The lowest BCUT2D eigenvalue weighted by Gasteiger charge is -2.31. The summed E-state index contributed by atoms with van der Waals surface area (Å²) < 4.78 is 13.2. The van der Waals surface area contributed by atoms with Gasteiger partial charge in [0.2, 0.25) is 11.8 Å². The molecule has 0 bridgehead atoms. The Morgan fingerprint density at radius 3 is 2.22 bits per heavy atom. The highest BCUT2D eigenvalue weighted by Gasteiger charge is 2.25. The third-order valence-corrected chi connectivity index (χ3v) is 5.13. The molecule has 0 fully saturated rings. The Kier molecular flexibility index (Phi) is 7.54. The largest absolute Gasteiger partial charge is 0.332 e. The minimum atomic E-state index is -0.302. The summed E-state index contributed by atoms with van der Waals surface area (Å²) in [6, 6.07) is 10.0. The van der Waals surface area contributed by atoms with Gasteiger partial charge in [-0.2, -0.15) is 0 Å². The first kappa shape index (κ1) is 21.1. The topological polar surface area (TPSA) is 40.6 Å². The van der Waals surface area contributed by atoms with E-state index in [0.717, 1.165) is 10.4 Å². The fourth-order valence-electron chi connectivity index (χ4n) is 2.73. The summed E-state index contributed by atoms with van der Waals surface area (Å²) in [5, 5.41) is 1.97. The Labute approximate surface area is 164 Å². The van der Waals surface area contributed by atoms with Gasteiger partial charge in [0.25, 0.3) is 0 Å². The molecular weight excluding hydrogens is 363 g/mol. The van der Waals surface area contributed by atoms with E-state index in [1.54, 1.807) is 33.3 Å². The number of rotatable bonds is 8. The highest BCUT2D eigenvalue weighted by Crippen LogP contribution is 2.16. The van der Waals surface area contributed by atoms with Crippen LogP contribution >= 0.6 is 11.3 Å². The third-order valence-electron chi connectivity index (χ3n) is 4.27. The molecule has 27 heavy (non-hydrogen) atoms. The SMILES string of the molecule is CC(C)C(=O)N(CC(=O)N(Cc1ccc(F)cc1)Cc1cccs1)C(C)C. The van der Waals surface area contributed by atoms with Gasteiger partial charge < -0.3 is 9.80 Å². The molecule has 1 aromatic carbocycles. The van der Waals surface area contributed by atoms with Gasteiger partial charge in [-0.15, -0.1) is 11.3 Å². The molecule has 0 atom stereocenters. The fraction of sp³-hybridized carbons (Fsp3) is 0.429. The summed E-state index contributed by atoms with van der Waals surface area (Å²) in [4.78, 5) is 29.9. The number of hydrogen-bond acceptors (Lipinski definition) is 3. The van der Waals surface area contributed by atoms with Crippen LogP contribution in [0.5, 0.6) is 0 Å². The van der Waals surface area contributed by atoms with E-state index in [4.69, 9.17) is 0 Å². The van der Waals surface area contributed by atoms with Crippen LogP contribution in [0.1, 0.15) is 38.1 Å². The molecule has 0 aliphatic rings. The number of hydrogen-bond donors (Lipinski definition) is 0. The Hall–Kier alpha value is -2.21. The molecule has 0 saturated carbocycles. The fourth-order valence-corrected chi connectivity index (χ4v) is 3.44. The van der Waals surface area contributed by atoms with Crippen LogP contribution < -0.4 is 0 Å². The first-order valence-corrected chi connectivity index (χ1v) is 10.0. The minimum Gasteiger partial charge on any atom is -0.332 e. The molecule has 0 saturated heterocycles. The van der Waals surface area contributed by atoms with Crippen LogP contribution in [0.3, 0.4) is 0 Å². The van der Waals surface area contributed by atoms with E-state index in [-0.39, 0.29) is 36.1 Å². The zero-order valence-electron chi connectivity index (χ0n) is 16.3. The zero-order chi connectivity index (χ0) is 20.0. The second-order valence-corrected chi connectivity index (χ2v) is 8.20. The number of carbonyl (C=O) groups is 2. The van der Waals surface area contributed by atoms with Crippen molar-refractivity contribution in [3.8, 4) is 0 Å². The summed E-state index contributed by atoms with van der Waals surface area (Å²) in [7, 11) is 0. The molecule has 2 amide bonds. The molecule has 0 radical (unpaired) electrons. The van der Waals surface area contributed by atoms with Gasteiger partial charge in [-0.3, -0.25) is 9.59 Å². The van der Waals surface area contributed by atoms with Crippen LogP contribution in [-0.4, -0.2) is 34.2 Å². The van der Waals surface area contributed by atoms with Gasteiger partial charge in [0.15, 0.2) is 0 Å². The molecule has 0 aliphatic heterocycles. The molecule has 4 nitrogen and oxygen atoms in total. The maximum absolute atomic E-state index is 13.2. The molecule has 1 aromatic heterocycles. The highest BCUT2D eigenvalue weighted by molar-refractivity contribution is 7.09. The van der Waals surface area contributed by atoms with Crippen molar-refractivity contribution in [1.82, 2.24) is 9.80 Å². The second-order valence-electron chi connectivity index (χ2n) is 7.17. The Bertz CT molecular complexity index is 742. The molecule has 0 spiro atoms. The van der Waals surface area contributed by atoms with Crippen molar-refractivity contribution >= 4 is 23.2 Å². The number of carbonyl (C=O) groups excluding carboxylic acids is 2. The van der Waals surface area contributed by atoms with Crippen molar-refractivity contribution in [2.24, 2.45) is 5.92 Å². The van der Waals surface area contributed by atoms with Crippen LogP contribution in [0.4, 0.5) is 4.39 Å². The molecule has 146 valence electrons. The summed E-state index contributed by atoms with van der Waals surface area (Å²) in [6.45, 7) is 8.39. The van der Waals surface area contributed by atoms with Crippen LogP contribution in [0.25, 0.3) is 0 Å². The first-order chi connectivity index (χ1) is 12.8. The Morgan fingerprint density at radius 1 is 1.04 bits per heavy atom. The van der Waals surface area contributed by atoms with Crippen molar-refractivity contribution in [3.63, 3.8) is 0 Å². The van der Waals surface area contributed by atoms with Crippen LogP contribution in [-0.2, 0) is 22.7 Å². The number of thiophene rings is 1. The van der Waals surface area contributed by atoms with Crippen LogP contribution in [0, 0.1) is 11.7 Å². The van der Waals surface area contributed by atoms with Gasteiger partial charge in [0.1, 0.15) is 12.4 Å². The number of nitrogens with zero attached hydrogens (tertiary/aromatic N) is 2. The molecule has 0 N–H and O–H groups in total. The summed E-state index contributed by atoms with van der Waals surface area (Å²) in [5.74, 6) is -0.613. The number of halogens is 1. The normalized spacial score (nSPS) is 11.1. The summed E-state index contributed by atoms with van der Waals surface area (Å²) in [6.07, 6.45) is 0. The number of benzene rings is 1. The first-order valence-electron chi connectivity index (χ1n) is 9.13. The van der Waals surface area contributed by atoms with E-state index < -0.39 is 0 Å². The average molecular weight is 391 g/mol. The van der Waals surface area contributed by atoms with Gasteiger partial charge >= 0.3 is 0 Å². The lowest BCUT2D eigenvalue weighted by molar-refractivity contribution is -0.144. The van der Waals surface area contributed by atoms with Gasteiger partial charge in [-0.1, -0.05) is 32.0 Å². The monoisotopic (exact) mass is 390 g/mol. The maximum Gasteiger partial charge on any atom is 0.242 e. The van der Waals surface area contributed by atoms with Crippen molar-refractivity contribution in [3.05, 3.63) is 58.0 Å². The van der Waals surface area contributed by atoms with Gasteiger partial charge in [0, 0.05) is 23.4 Å². The lowest BCUT2D eigenvalue weighted by atomic mass is 10.1. The predicted molar refractivity (Wildman–Crippen MR) is 107 cm³/mol. The van der Waals surface area contributed by atoms with Crippen molar-refractivity contribution in [2.45, 2.75) is 46.8 Å². The average Bonchev–Trinajstić information content (AvgIpc) is 3.13. The molecule has 6 heteroatoms. The van der Waals surface area contributed by atoms with E-state index in [9.17, 15) is 14.0 Å². The third kappa shape index (κ3) is 6.17. The smallest absolute Gasteiger partial charge is 0.242 e. The van der Waals surface area contributed by atoms with Crippen molar-refractivity contribution in [1.29, 1.82) is 0 Å². The molecule has 2 rings (SSSR count). The van der Waals surface area contributed by atoms with E-state index >= 15 is 0 Å². The van der Waals surface area contributed by atoms with Crippen LogP contribution in [0.15, 0.2) is 41.8 Å². The zero-order valence-corrected chi connectivity index (χ0v) is 17.1. The van der Waals surface area contributed by atoms with E-state index in [1.165, 1.54) is 12.1 Å². The Morgan fingerprint density at radius 2 is 1.70 bits per heavy atom. The van der Waals surface area contributed by atoms with E-state index in [1.807, 2.05) is 45.2 Å². The lowest BCUT2D eigenvalue weighted by Crippen LogP contribution is -2.46. The van der Waals surface area contributed by atoms with E-state index in [2.05, 4.69) is 0 Å². The van der Waals surface area contributed by atoms with Gasteiger partial charge in [0.05, 0.1) is 6.54 Å². The molecule has 2 aromatic rings. The second kappa shape index (κ2) is 9.65. The van der Waals surface area contributed by atoms with Crippen molar-refractivity contribution in [2.75, 3.05) is 6.54 Å². The maximum atomic E-state index is 13.2. The Balaban J connectivity index is 2.18. The molecular formula is C21H27FN2O2S. The summed E-state index contributed by atoms with van der Waals surface area (Å²) in [5.41, 5.74) is 0.854. The van der Waals surface area contributed by atoms with Crippen LogP contribution in [0.2, 0.25) is 0 Å². The van der Waals surface area contributed by atoms with Crippen molar-refractivity contribution < 1.29 is 14.0 Å². The summed E-state index contributed by atoms with van der Waals surface area (Å²) >= 11 is 1.58. The highest BCUT2D eigenvalue weighted by atomic mass is 32.1. The quantitative estimate of drug-likeness (QED) is 0.674. The molecule has 0 unspecified atom stereocenters. The van der Waals surface area contributed by atoms with Gasteiger partial charge in [-0.25, -0.2) is 4.39 Å². The standard InChI is InChI=1S/C21H27FN2O2S/c1-15(2)21(26)24(16(3)4)14-20(25)23(13-19-6-5-11-27-19)12-17-7-9-18(22)10-8-17/h5-11,15-16H,12-14H2,1-4H3. The molecule has 1 heterocycles.